The molecule has 17 heavy (non-hydrogen) atoms. The molecule has 1 unspecified atom stereocenters. The molecule has 0 spiro atoms. The van der Waals surface area contributed by atoms with Crippen LogP contribution in [0.3, 0.4) is 0 Å². The van der Waals surface area contributed by atoms with E-state index >= 15 is 0 Å². The van der Waals surface area contributed by atoms with Crippen LogP contribution in [-0.2, 0) is 16.3 Å². The summed E-state index contributed by atoms with van der Waals surface area (Å²) in [6.07, 6.45) is 1.87. The first-order chi connectivity index (χ1) is 7.90. The van der Waals surface area contributed by atoms with E-state index in [0.717, 1.165) is 11.3 Å². The largest absolute Gasteiger partial charge is 0.396 e. The number of aliphatic hydroxyl groups is 1. The number of anilines is 1. The maximum Gasteiger partial charge on any atom is 0.149 e. The minimum atomic E-state index is -2.96. The van der Waals surface area contributed by atoms with Crippen LogP contribution < -0.4 is 5.32 Å². The maximum absolute atomic E-state index is 11.1. The summed E-state index contributed by atoms with van der Waals surface area (Å²) in [4.78, 5) is 0. The van der Waals surface area contributed by atoms with E-state index in [0.29, 0.717) is 6.42 Å². The highest BCUT2D eigenvalue weighted by molar-refractivity contribution is 7.90. The normalized spacial score (nSPS) is 13.4. The Balaban J connectivity index is 2.57. The smallest absolute Gasteiger partial charge is 0.149 e. The van der Waals surface area contributed by atoms with Gasteiger partial charge in [0.25, 0.3) is 0 Å². The molecule has 0 saturated heterocycles. The zero-order valence-corrected chi connectivity index (χ0v) is 11.0. The average molecular weight is 257 g/mol. The fourth-order valence-corrected chi connectivity index (χ4v) is 2.67. The van der Waals surface area contributed by atoms with E-state index in [1.54, 1.807) is 0 Å². The van der Waals surface area contributed by atoms with Crippen LogP contribution >= 0.6 is 0 Å². The first-order valence-corrected chi connectivity index (χ1v) is 7.61. The Morgan fingerprint density at radius 1 is 1.29 bits per heavy atom. The zero-order valence-electron chi connectivity index (χ0n) is 10.2. The molecule has 5 heteroatoms. The molecular formula is C12H19NO3S. The van der Waals surface area contributed by atoms with E-state index < -0.39 is 9.84 Å². The van der Waals surface area contributed by atoms with Crippen molar-refractivity contribution in [3.05, 3.63) is 29.8 Å². The van der Waals surface area contributed by atoms with Gasteiger partial charge in [0.15, 0.2) is 0 Å². The van der Waals surface area contributed by atoms with E-state index in [2.05, 4.69) is 5.32 Å². The molecule has 0 amide bonds. The van der Waals surface area contributed by atoms with E-state index in [1.807, 2.05) is 31.2 Å². The number of sulfone groups is 1. The minimum absolute atomic E-state index is 0.116. The van der Waals surface area contributed by atoms with Crippen LogP contribution in [0.5, 0.6) is 0 Å². The Kier molecular flexibility index (Phi) is 4.96. The summed E-state index contributed by atoms with van der Waals surface area (Å²) in [5, 5.41) is 11.9. The van der Waals surface area contributed by atoms with Gasteiger partial charge in [-0.3, -0.25) is 0 Å². The molecule has 2 N–H and O–H groups in total. The molecule has 4 nitrogen and oxygen atoms in total. The summed E-state index contributed by atoms with van der Waals surface area (Å²) in [6, 6.07) is 7.51. The second-order valence-corrected chi connectivity index (χ2v) is 6.49. The molecule has 1 atom stereocenters. The molecule has 0 bridgehead atoms. The first kappa shape index (κ1) is 14.0. The summed E-state index contributed by atoms with van der Waals surface area (Å²) in [7, 11) is -2.96. The summed E-state index contributed by atoms with van der Waals surface area (Å²) < 4.78 is 22.2. The van der Waals surface area contributed by atoms with Gasteiger partial charge >= 0.3 is 0 Å². The Morgan fingerprint density at radius 2 is 1.88 bits per heavy atom. The predicted octanol–water partition coefficient (Wildman–Crippen LogP) is 1.07. The molecule has 0 fully saturated rings. The van der Waals surface area contributed by atoms with Crippen molar-refractivity contribution < 1.29 is 13.5 Å². The lowest BCUT2D eigenvalue weighted by Crippen LogP contribution is -2.24. The standard InChI is InChI=1S/C12H19NO3S/c1-10(9-17(2,15)16)13-12-5-3-11(4-6-12)7-8-14/h3-6,10,13-14H,7-9H2,1-2H3. The summed E-state index contributed by atoms with van der Waals surface area (Å²) in [6.45, 7) is 1.97. The molecule has 0 saturated carbocycles. The van der Waals surface area contributed by atoms with E-state index in [4.69, 9.17) is 5.11 Å². The topological polar surface area (TPSA) is 66.4 Å². The maximum atomic E-state index is 11.1. The number of nitrogens with one attached hydrogen (secondary N) is 1. The van der Waals surface area contributed by atoms with E-state index in [1.165, 1.54) is 6.26 Å². The van der Waals surface area contributed by atoms with Gasteiger partial charge in [0.05, 0.1) is 5.75 Å². The van der Waals surface area contributed by atoms with Gasteiger partial charge in [-0.2, -0.15) is 0 Å². The third kappa shape index (κ3) is 5.70. The van der Waals surface area contributed by atoms with Crippen LogP contribution in [0.1, 0.15) is 12.5 Å². The first-order valence-electron chi connectivity index (χ1n) is 5.55. The van der Waals surface area contributed by atoms with Crippen LogP contribution in [0.15, 0.2) is 24.3 Å². The highest BCUT2D eigenvalue weighted by Gasteiger charge is 2.09. The van der Waals surface area contributed by atoms with Gasteiger partial charge in [-0.15, -0.1) is 0 Å². The Morgan fingerprint density at radius 3 is 2.35 bits per heavy atom. The van der Waals surface area contributed by atoms with Crippen molar-refractivity contribution in [2.24, 2.45) is 0 Å². The van der Waals surface area contributed by atoms with Crippen molar-refractivity contribution in [3.8, 4) is 0 Å². The molecule has 0 heterocycles. The van der Waals surface area contributed by atoms with Crippen molar-refractivity contribution in [1.82, 2.24) is 0 Å². The van der Waals surface area contributed by atoms with E-state index in [-0.39, 0.29) is 18.4 Å². The fourth-order valence-electron chi connectivity index (χ4n) is 1.68. The Hall–Kier alpha value is -1.07. The second-order valence-electron chi connectivity index (χ2n) is 4.31. The highest BCUT2D eigenvalue weighted by Crippen LogP contribution is 2.11. The number of hydrogen-bond acceptors (Lipinski definition) is 4. The lowest BCUT2D eigenvalue weighted by molar-refractivity contribution is 0.299. The van der Waals surface area contributed by atoms with Crippen LogP contribution in [0.4, 0.5) is 5.69 Å². The predicted molar refractivity (Wildman–Crippen MR) is 70.0 cm³/mol. The van der Waals surface area contributed by atoms with Crippen molar-refractivity contribution in [2.75, 3.05) is 23.9 Å². The van der Waals surface area contributed by atoms with Gasteiger partial charge < -0.3 is 10.4 Å². The molecule has 1 aromatic rings. The van der Waals surface area contributed by atoms with Gasteiger partial charge in [-0.25, -0.2) is 8.42 Å². The SMILES string of the molecule is CC(CS(C)(=O)=O)Nc1ccc(CCO)cc1. The third-order valence-electron chi connectivity index (χ3n) is 2.32. The lowest BCUT2D eigenvalue weighted by Gasteiger charge is -2.14. The monoisotopic (exact) mass is 257 g/mol. The number of hydrogen-bond donors (Lipinski definition) is 2. The minimum Gasteiger partial charge on any atom is -0.396 e. The van der Waals surface area contributed by atoms with Gasteiger partial charge in [0.2, 0.25) is 0 Å². The Labute approximate surface area is 103 Å². The molecule has 1 aromatic carbocycles. The van der Waals surface area contributed by atoms with Crippen LogP contribution in [0.25, 0.3) is 0 Å². The number of benzene rings is 1. The van der Waals surface area contributed by atoms with Gasteiger partial charge in [-0.05, 0) is 31.0 Å². The summed E-state index contributed by atoms with van der Waals surface area (Å²) in [5.74, 6) is 0.116. The Bertz CT molecular complexity index is 439. The van der Waals surface area contributed by atoms with Crippen LogP contribution in [0.2, 0.25) is 0 Å². The van der Waals surface area contributed by atoms with Gasteiger partial charge in [0.1, 0.15) is 9.84 Å². The van der Waals surface area contributed by atoms with Gasteiger partial charge in [-0.1, -0.05) is 12.1 Å². The molecule has 0 aliphatic carbocycles. The van der Waals surface area contributed by atoms with Crippen LogP contribution in [0, 0.1) is 0 Å². The van der Waals surface area contributed by atoms with Gasteiger partial charge in [0, 0.05) is 24.6 Å². The summed E-state index contributed by atoms with van der Waals surface area (Å²) >= 11 is 0. The lowest BCUT2D eigenvalue weighted by atomic mass is 10.1. The quantitative estimate of drug-likeness (QED) is 0.800. The molecular weight excluding hydrogens is 238 g/mol. The molecule has 1 rings (SSSR count). The highest BCUT2D eigenvalue weighted by atomic mass is 32.2. The third-order valence-corrected chi connectivity index (χ3v) is 3.43. The summed E-state index contributed by atoms with van der Waals surface area (Å²) in [5.41, 5.74) is 1.96. The molecule has 96 valence electrons. The zero-order chi connectivity index (χ0) is 12.9. The number of rotatable bonds is 6. The van der Waals surface area contributed by atoms with E-state index in [9.17, 15) is 8.42 Å². The second kappa shape index (κ2) is 6.02. The average Bonchev–Trinajstić information content (AvgIpc) is 2.18. The number of aliphatic hydroxyl groups excluding tert-OH is 1. The van der Waals surface area contributed by atoms with Crippen molar-refractivity contribution in [2.45, 2.75) is 19.4 Å². The molecule has 0 radical (unpaired) electrons. The van der Waals surface area contributed by atoms with Crippen molar-refractivity contribution in [3.63, 3.8) is 0 Å². The molecule has 0 aliphatic heterocycles. The van der Waals surface area contributed by atoms with Crippen molar-refractivity contribution >= 4 is 15.5 Å². The molecule has 0 aromatic heterocycles. The molecule has 0 aliphatic rings. The van der Waals surface area contributed by atoms with Crippen LogP contribution in [-0.4, -0.2) is 38.2 Å². The van der Waals surface area contributed by atoms with Crippen molar-refractivity contribution in [1.29, 1.82) is 0 Å². The fraction of sp³-hybridized carbons (Fsp3) is 0.500.